The van der Waals surface area contributed by atoms with Crippen molar-refractivity contribution in [3.05, 3.63) is 182 Å². The van der Waals surface area contributed by atoms with E-state index in [4.69, 9.17) is 0 Å². The van der Waals surface area contributed by atoms with Crippen molar-refractivity contribution < 1.29 is 0 Å². The normalized spacial score (nSPS) is 14.5. The highest BCUT2D eigenvalue weighted by molar-refractivity contribution is 6.24. The topological polar surface area (TPSA) is 0 Å². The highest BCUT2D eigenvalue weighted by Crippen LogP contribution is 2.47. The third-order valence-corrected chi connectivity index (χ3v) is 9.75. The van der Waals surface area contributed by atoms with Gasteiger partial charge in [0.1, 0.15) is 0 Å². The van der Waals surface area contributed by atoms with Gasteiger partial charge in [0.2, 0.25) is 0 Å². The van der Waals surface area contributed by atoms with Crippen molar-refractivity contribution >= 4 is 43.1 Å². The largest absolute Gasteiger partial charge is 0.0836 e. The Labute approximate surface area is 269 Å². The lowest BCUT2D eigenvalue weighted by atomic mass is 9.81. The molecule has 0 N–H and O–H groups in total. The van der Waals surface area contributed by atoms with E-state index in [1.54, 1.807) is 0 Å². The number of benzene rings is 8. The average molecular weight is 585 g/mol. The van der Waals surface area contributed by atoms with E-state index in [1.165, 1.54) is 82.0 Å². The van der Waals surface area contributed by atoms with Crippen LogP contribution in [0.1, 0.15) is 17.9 Å². The first-order chi connectivity index (χ1) is 22.8. The number of hydrogen-bond donors (Lipinski definition) is 0. The molecule has 9 rings (SSSR count). The molecule has 0 spiro atoms. The van der Waals surface area contributed by atoms with Crippen LogP contribution in [0.4, 0.5) is 0 Å². The summed E-state index contributed by atoms with van der Waals surface area (Å²) >= 11 is 0. The molecule has 1 aliphatic carbocycles. The van der Waals surface area contributed by atoms with Crippen molar-refractivity contribution in [3.63, 3.8) is 0 Å². The van der Waals surface area contributed by atoms with Gasteiger partial charge in [-0.25, -0.2) is 0 Å². The van der Waals surface area contributed by atoms with E-state index in [9.17, 15) is 0 Å². The molecule has 0 bridgehead atoms. The molecule has 8 aromatic carbocycles. The molecule has 0 heterocycles. The number of allylic oxidation sites excluding steroid dienone is 4. The van der Waals surface area contributed by atoms with Gasteiger partial charge in [-0.05, 0) is 107 Å². The van der Waals surface area contributed by atoms with Crippen molar-refractivity contribution in [1.82, 2.24) is 0 Å². The van der Waals surface area contributed by atoms with Gasteiger partial charge in [-0.3, -0.25) is 0 Å². The van der Waals surface area contributed by atoms with Crippen molar-refractivity contribution in [2.24, 2.45) is 0 Å². The Morgan fingerprint density at radius 2 is 1.11 bits per heavy atom. The van der Waals surface area contributed by atoms with E-state index in [1.807, 2.05) is 0 Å². The second-order valence-electron chi connectivity index (χ2n) is 12.4. The summed E-state index contributed by atoms with van der Waals surface area (Å²) in [6.45, 7) is 0. The minimum Gasteiger partial charge on any atom is -0.0836 e. The maximum atomic E-state index is 2.48. The van der Waals surface area contributed by atoms with Crippen molar-refractivity contribution in [1.29, 1.82) is 0 Å². The number of fused-ring (bicyclic) bond motifs is 4. The van der Waals surface area contributed by atoms with Crippen LogP contribution in [0.5, 0.6) is 0 Å². The molecular weight excluding hydrogens is 553 g/mol. The molecule has 46 heavy (non-hydrogen) atoms. The van der Waals surface area contributed by atoms with E-state index in [2.05, 4.69) is 176 Å². The molecule has 0 saturated carbocycles. The minimum atomic E-state index is 0.370. The Morgan fingerprint density at radius 3 is 1.98 bits per heavy atom. The summed E-state index contributed by atoms with van der Waals surface area (Å²) in [5, 5.41) is 10.2. The van der Waals surface area contributed by atoms with Crippen LogP contribution in [0.3, 0.4) is 0 Å². The molecule has 0 saturated heterocycles. The molecule has 1 aliphatic rings. The van der Waals surface area contributed by atoms with Gasteiger partial charge in [-0.15, -0.1) is 0 Å². The van der Waals surface area contributed by atoms with E-state index in [0.29, 0.717) is 5.92 Å². The predicted octanol–water partition coefficient (Wildman–Crippen LogP) is 12.9. The standard InChI is InChI=1S/C46H32/c1-3-12-31(13-4-1)36-25-27-42-43(29-36)45(38-23-22-33-16-7-8-18-35(33)28-38)41-26-24-37(32-14-5-2-6-15-32)30-44(41)46(42)40-21-11-19-34-17-9-10-20-39(34)40/h1-14,16-30,32H,15H2. The predicted molar refractivity (Wildman–Crippen MR) is 198 cm³/mol. The summed E-state index contributed by atoms with van der Waals surface area (Å²) in [4.78, 5) is 0. The molecule has 216 valence electrons. The highest BCUT2D eigenvalue weighted by atomic mass is 14.2. The zero-order valence-electron chi connectivity index (χ0n) is 25.5. The second-order valence-corrected chi connectivity index (χ2v) is 12.4. The lowest BCUT2D eigenvalue weighted by Gasteiger charge is -2.22. The fourth-order valence-electron chi connectivity index (χ4n) is 7.50. The summed E-state index contributed by atoms with van der Waals surface area (Å²) in [7, 11) is 0. The van der Waals surface area contributed by atoms with Crippen molar-refractivity contribution in [3.8, 4) is 33.4 Å². The molecular formula is C46H32. The first kappa shape index (κ1) is 26.7. The molecule has 0 aromatic heterocycles. The minimum absolute atomic E-state index is 0.370. The first-order valence-corrected chi connectivity index (χ1v) is 16.2. The van der Waals surface area contributed by atoms with Crippen LogP contribution in [0, 0.1) is 0 Å². The van der Waals surface area contributed by atoms with Gasteiger partial charge in [0.05, 0.1) is 0 Å². The second kappa shape index (κ2) is 11.0. The molecule has 8 aromatic rings. The van der Waals surface area contributed by atoms with Crippen LogP contribution < -0.4 is 0 Å². The van der Waals surface area contributed by atoms with Gasteiger partial charge < -0.3 is 0 Å². The Kier molecular flexibility index (Phi) is 6.39. The van der Waals surface area contributed by atoms with Crippen LogP contribution in [-0.2, 0) is 0 Å². The molecule has 0 amide bonds. The summed E-state index contributed by atoms with van der Waals surface area (Å²) < 4.78 is 0. The van der Waals surface area contributed by atoms with Gasteiger partial charge in [0, 0.05) is 5.92 Å². The maximum Gasteiger partial charge on any atom is 0.00559 e. The van der Waals surface area contributed by atoms with Crippen LogP contribution in [0.15, 0.2) is 176 Å². The van der Waals surface area contributed by atoms with Crippen LogP contribution in [-0.4, -0.2) is 0 Å². The Balaban J connectivity index is 1.45. The van der Waals surface area contributed by atoms with Crippen molar-refractivity contribution in [2.75, 3.05) is 0 Å². The lowest BCUT2D eigenvalue weighted by Crippen LogP contribution is -1.98. The zero-order valence-corrected chi connectivity index (χ0v) is 25.5. The van der Waals surface area contributed by atoms with Gasteiger partial charge in [-0.2, -0.15) is 0 Å². The fourth-order valence-corrected chi connectivity index (χ4v) is 7.50. The SMILES string of the molecule is C1=CCC(c2ccc3c(-c4ccc5ccccc5c4)c4cc(-c5ccccc5)ccc4c(-c4cccc5ccccc45)c3c2)C=C1. The van der Waals surface area contributed by atoms with E-state index >= 15 is 0 Å². The summed E-state index contributed by atoms with van der Waals surface area (Å²) in [5.41, 5.74) is 8.95. The quantitative estimate of drug-likeness (QED) is 0.181. The smallest absolute Gasteiger partial charge is 0.00559 e. The van der Waals surface area contributed by atoms with E-state index in [0.717, 1.165) is 6.42 Å². The monoisotopic (exact) mass is 584 g/mol. The Hall–Kier alpha value is -5.72. The van der Waals surface area contributed by atoms with Gasteiger partial charge in [-0.1, -0.05) is 158 Å². The summed E-state index contributed by atoms with van der Waals surface area (Å²) in [6.07, 6.45) is 10.0. The third-order valence-electron chi connectivity index (χ3n) is 9.75. The summed E-state index contributed by atoms with van der Waals surface area (Å²) in [5.74, 6) is 0.370. The molecule has 1 atom stereocenters. The van der Waals surface area contributed by atoms with Crippen molar-refractivity contribution in [2.45, 2.75) is 12.3 Å². The molecule has 0 heteroatoms. The maximum absolute atomic E-state index is 2.48. The fraction of sp³-hybridized carbons (Fsp3) is 0.0435. The molecule has 0 nitrogen and oxygen atoms in total. The Morgan fingerprint density at radius 1 is 0.391 bits per heavy atom. The zero-order chi connectivity index (χ0) is 30.5. The molecule has 0 aliphatic heterocycles. The third kappa shape index (κ3) is 4.45. The summed E-state index contributed by atoms with van der Waals surface area (Å²) in [6, 6.07) is 56.3. The van der Waals surface area contributed by atoms with Gasteiger partial charge >= 0.3 is 0 Å². The van der Waals surface area contributed by atoms with Gasteiger partial charge in [0.25, 0.3) is 0 Å². The molecule has 0 radical (unpaired) electrons. The molecule has 0 fully saturated rings. The highest BCUT2D eigenvalue weighted by Gasteiger charge is 2.21. The lowest BCUT2D eigenvalue weighted by molar-refractivity contribution is 0.855. The first-order valence-electron chi connectivity index (χ1n) is 16.2. The number of hydrogen-bond acceptors (Lipinski definition) is 0. The number of rotatable bonds is 4. The van der Waals surface area contributed by atoms with Gasteiger partial charge in [0.15, 0.2) is 0 Å². The molecule has 1 unspecified atom stereocenters. The van der Waals surface area contributed by atoms with Crippen LogP contribution in [0.2, 0.25) is 0 Å². The average Bonchev–Trinajstić information content (AvgIpc) is 3.14. The Bertz CT molecular complexity index is 2490. The van der Waals surface area contributed by atoms with Crippen LogP contribution in [0.25, 0.3) is 76.5 Å². The van der Waals surface area contributed by atoms with E-state index in [-0.39, 0.29) is 0 Å². The van der Waals surface area contributed by atoms with Crippen LogP contribution >= 0.6 is 0 Å². The van der Waals surface area contributed by atoms with E-state index < -0.39 is 0 Å².